The number of sulfonamides is 1. The molecule has 8 heteroatoms. The maximum atomic E-state index is 12.9. The van der Waals surface area contributed by atoms with Crippen LogP contribution in [-0.2, 0) is 10.0 Å². The molecule has 1 heterocycles. The molecule has 0 bridgehead atoms. The second-order valence-corrected chi connectivity index (χ2v) is 8.85. The van der Waals surface area contributed by atoms with E-state index in [0.717, 1.165) is 12.0 Å². The fraction of sp³-hybridized carbons (Fsp3) is 0.174. The van der Waals surface area contributed by atoms with E-state index in [1.807, 2.05) is 25.1 Å². The molecule has 31 heavy (non-hydrogen) atoms. The Morgan fingerprint density at radius 1 is 0.871 bits per heavy atom. The van der Waals surface area contributed by atoms with E-state index in [2.05, 4.69) is 10.0 Å². The maximum Gasteiger partial charge on any atom is 0.262 e. The summed E-state index contributed by atoms with van der Waals surface area (Å²) in [7, 11) is -3.88. The summed E-state index contributed by atoms with van der Waals surface area (Å²) >= 11 is 0. The monoisotopic (exact) mass is 438 g/mol. The zero-order chi connectivity index (χ0) is 21.8. The van der Waals surface area contributed by atoms with Gasteiger partial charge in [-0.05, 0) is 55.0 Å². The van der Waals surface area contributed by atoms with Crippen LogP contribution in [-0.4, -0.2) is 27.5 Å². The smallest absolute Gasteiger partial charge is 0.262 e. The number of carbonyl (C=O) groups excluding carboxylic acids is 1. The van der Waals surface area contributed by atoms with E-state index in [9.17, 15) is 13.2 Å². The lowest BCUT2D eigenvalue weighted by atomic mass is 10.1. The molecule has 0 fully saturated rings. The molecule has 160 valence electrons. The van der Waals surface area contributed by atoms with Gasteiger partial charge in [-0.3, -0.25) is 9.52 Å². The molecule has 0 spiro atoms. The minimum atomic E-state index is -3.88. The Hall–Kier alpha value is -3.52. The van der Waals surface area contributed by atoms with Crippen LogP contribution in [0, 0.1) is 6.92 Å². The third-order valence-electron chi connectivity index (χ3n) is 4.68. The molecule has 7 nitrogen and oxygen atoms in total. The molecule has 1 amide bonds. The van der Waals surface area contributed by atoms with Crippen LogP contribution in [0.25, 0.3) is 0 Å². The molecule has 0 aromatic heterocycles. The van der Waals surface area contributed by atoms with Gasteiger partial charge in [-0.15, -0.1) is 0 Å². The number of rotatable bonds is 5. The van der Waals surface area contributed by atoms with Crippen molar-refractivity contribution < 1.29 is 22.7 Å². The molecule has 0 saturated carbocycles. The van der Waals surface area contributed by atoms with Crippen LogP contribution in [0.5, 0.6) is 11.5 Å². The number of fused-ring (bicyclic) bond motifs is 1. The molecule has 0 atom stereocenters. The summed E-state index contributed by atoms with van der Waals surface area (Å²) in [6.07, 6.45) is 0.729. The van der Waals surface area contributed by atoms with Crippen molar-refractivity contribution in [1.82, 2.24) is 0 Å². The Morgan fingerprint density at radius 2 is 1.61 bits per heavy atom. The number of aryl methyl sites for hydroxylation is 1. The second-order valence-electron chi connectivity index (χ2n) is 7.17. The first-order valence-corrected chi connectivity index (χ1v) is 11.3. The van der Waals surface area contributed by atoms with Gasteiger partial charge in [-0.25, -0.2) is 8.42 Å². The van der Waals surface area contributed by atoms with Gasteiger partial charge in [0.05, 0.1) is 18.1 Å². The molecule has 0 saturated heterocycles. The predicted octanol–water partition coefficient (Wildman–Crippen LogP) is 4.21. The first kappa shape index (κ1) is 20.7. The van der Waals surface area contributed by atoms with Gasteiger partial charge in [0.1, 0.15) is 0 Å². The fourth-order valence-corrected chi connectivity index (χ4v) is 4.24. The molecule has 3 aromatic carbocycles. The van der Waals surface area contributed by atoms with Gasteiger partial charge < -0.3 is 14.8 Å². The standard InChI is InChI=1S/C23H22N2O5S/c1-16-5-2-7-18(13-16)24-23(26)17-6-3-8-19(14-17)25-31(27,28)20-9-10-21-22(15-20)30-12-4-11-29-21/h2-3,5-10,13-15,25H,4,11-12H2,1H3,(H,24,26). The summed E-state index contributed by atoms with van der Waals surface area (Å²) in [5.74, 6) is 0.583. The summed E-state index contributed by atoms with van der Waals surface area (Å²) in [4.78, 5) is 12.6. The third kappa shape index (κ3) is 4.97. The van der Waals surface area contributed by atoms with Gasteiger partial charge in [-0.2, -0.15) is 0 Å². The third-order valence-corrected chi connectivity index (χ3v) is 6.06. The molecule has 0 radical (unpaired) electrons. The van der Waals surface area contributed by atoms with Crippen molar-refractivity contribution in [2.75, 3.05) is 23.3 Å². The minimum absolute atomic E-state index is 0.0476. The molecule has 0 unspecified atom stereocenters. The van der Waals surface area contributed by atoms with E-state index in [4.69, 9.17) is 9.47 Å². The van der Waals surface area contributed by atoms with Crippen molar-refractivity contribution in [2.45, 2.75) is 18.2 Å². The highest BCUT2D eigenvalue weighted by Gasteiger charge is 2.19. The lowest BCUT2D eigenvalue weighted by Gasteiger charge is -2.12. The maximum absolute atomic E-state index is 12.9. The Kier molecular flexibility index (Phi) is 5.81. The first-order valence-electron chi connectivity index (χ1n) is 9.81. The molecule has 4 rings (SSSR count). The summed E-state index contributed by atoms with van der Waals surface area (Å²) in [5.41, 5.74) is 2.31. The number of anilines is 2. The van der Waals surface area contributed by atoms with Crippen LogP contribution < -0.4 is 19.5 Å². The van der Waals surface area contributed by atoms with Crippen molar-refractivity contribution in [2.24, 2.45) is 0 Å². The number of amides is 1. The Labute approximate surface area is 181 Å². The van der Waals surface area contributed by atoms with Crippen molar-refractivity contribution >= 4 is 27.3 Å². The van der Waals surface area contributed by atoms with E-state index >= 15 is 0 Å². The number of ether oxygens (including phenoxy) is 2. The summed E-state index contributed by atoms with van der Waals surface area (Å²) in [6, 6.07) is 18.2. The highest BCUT2D eigenvalue weighted by Crippen LogP contribution is 2.32. The highest BCUT2D eigenvalue weighted by molar-refractivity contribution is 7.92. The number of hydrogen-bond acceptors (Lipinski definition) is 5. The Bertz CT molecular complexity index is 1220. The summed E-state index contributed by atoms with van der Waals surface area (Å²) < 4.78 is 39.4. The molecule has 3 aromatic rings. The van der Waals surface area contributed by atoms with Gasteiger partial charge in [0.25, 0.3) is 15.9 Å². The molecular weight excluding hydrogens is 416 g/mol. The fourth-order valence-electron chi connectivity index (χ4n) is 3.17. The van der Waals surface area contributed by atoms with Crippen molar-refractivity contribution in [1.29, 1.82) is 0 Å². The first-order chi connectivity index (χ1) is 14.9. The largest absolute Gasteiger partial charge is 0.490 e. The van der Waals surface area contributed by atoms with E-state index in [1.54, 1.807) is 30.3 Å². The zero-order valence-electron chi connectivity index (χ0n) is 16.9. The van der Waals surface area contributed by atoms with Gasteiger partial charge in [-0.1, -0.05) is 18.2 Å². The van der Waals surface area contributed by atoms with E-state index in [0.29, 0.717) is 36.0 Å². The summed E-state index contributed by atoms with van der Waals surface area (Å²) in [6.45, 7) is 2.92. The average molecular weight is 439 g/mol. The topological polar surface area (TPSA) is 93.7 Å². The number of nitrogens with one attached hydrogen (secondary N) is 2. The molecule has 0 aliphatic carbocycles. The van der Waals surface area contributed by atoms with Crippen LogP contribution in [0.4, 0.5) is 11.4 Å². The number of benzene rings is 3. The van der Waals surface area contributed by atoms with Gasteiger partial charge >= 0.3 is 0 Å². The lowest BCUT2D eigenvalue weighted by molar-refractivity contribution is 0.102. The Morgan fingerprint density at radius 3 is 2.42 bits per heavy atom. The normalized spacial score (nSPS) is 13.2. The predicted molar refractivity (Wildman–Crippen MR) is 118 cm³/mol. The molecule has 1 aliphatic heterocycles. The minimum Gasteiger partial charge on any atom is -0.490 e. The number of hydrogen-bond donors (Lipinski definition) is 2. The zero-order valence-corrected chi connectivity index (χ0v) is 17.7. The van der Waals surface area contributed by atoms with Crippen LogP contribution in [0.1, 0.15) is 22.3 Å². The number of carbonyl (C=O) groups is 1. The average Bonchev–Trinajstić information content (AvgIpc) is 2.98. The molecular formula is C23H22N2O5S. The van der Waals surface area contributed by atoms with Gasteiger partial charge in [0, 0.05) is 29.4 Å². The summed E-state index contributed by atoms with van der Waals surface area (Å²) in [5, 5.41) is 2.81. The van der Waals surface area contributed by atoms with Gasteiger partial charge in [0.15, 0.2) is 11.5 Å². The lowest BCUT2D eigenvalue weighted by Crippen LogP contribution is -2.15. The van der Waals surface area contributed by atoms with Gasteiger partial charge in [0.2, 0.25) is 0 Å². The van der Waals surface area contributed by atoms with E-state index in [1.165, 1.54) is 18.2 Å². The van der Waals surface area contributed by atoms with E-state index < -0.39 is 10.0 Å². The Balaban J connectivity index is 1.53. The van der Waals surface area contributed by atoms with Crippen molar-refractivity contribution in [3.8, 4) is 11.5 Å². The van der Waals surface area contributed by atoms with Crippen molar-refractivity contribution in [3.63, 3.8) is 0 Å². The van der Waals surface area contributed by atoms with Crippen LogP contribution in [0.2, 0.25) is 0 Å². The quantitative estimate of drug-likeness (QED) is 0.622. The van der Waals surface area contributed by atoms with Crippen LogP contribution >= 0.6 is 0 Å². The molecule has 2 N–H and O–H groups in total. The second kappa shape index (κ2) is 8.69. The molecule has 1 aliphatic rings. The SMILES string of the molecule is Cc1cccc(NC(=O)c2cccc(NS(=O)(=O)c3ccc4c(c3)OCCCO4)c2)c1. The van der Waals surface area contributed by atoms with E-state index in [-0.39, 0.29) is 16.5 Å². The van der Waals surface area contributed by atoms with Crippen LogP contribution in [0.15, 0.2) is 71.6 Å². The van der Waals surface area contributed by atoms with Crippen LogP contribution in [0.3, 0.4) is 0 Å². The van der Waals surface area contributed by atoms with Crippen molar-refractivity contribution in [3.05, 3.63) is 77.9 Å². The highest BCUT2D eigenvalue weighted by atomic mass is 32.2.